The minimum Gasteiger partial charge on any atom is -0.468 e. The highest BCUT2D eigenvalue weighted by atomic mass is 16.5. The number of ether oxygens (including phenoxy) is 1. The van der Waals surface area contributed by atoms with Gasteiger partial charge in [0.25, 0.3) is 0 Å². The Balaban J connectivity index is 1.58. The van der Waals surface area contributed by atoms with Crippen LogP contribution in [0.15, 0.2) is 83.5 Å². The summed E-state index contributed by atoms with van der Waals surface area (Å²) in [5, 5.41) is 2.92. The third kappa shape index (κ3) is 7.60. The summed E-state index contributed by atoms with van der Waals surface area (Å²) in [6.45, 7) is 3.49. The van der Waals surface area contributed by atoms with Gasteiger partial charge in [0.1, 0.15) is 5.76 Å². The number of nitrogens with zero attached hydrogens (tertiary/aromatic N) is 1. The van der Waals surface area contributed by atoms with Gasteiger partial charge in [0.15, 0.2) is 0 Å². The van der Waals surface area contributed by atoms with E-state index in [0.717, 1.165) is 16.9 Å². The number of hydrogen-bond donors (Lipinski definition) is 1. The van der Waals surface area contributed by atoms with Crippen molar-refractivity contribution in [1.29, 1.82) is 0 Å². The molecular formula is C25H26N2O4. The second kappa shape index (κ2) is 11.5. The molecule has 6 heteroatoms. The minimum absolute atomic E-state index is 0.114. The molecule has 0 aliphatic carbocycles. The number of carbonyl (C=O) groups excluding carboxylic acids is 2. The highest BCUT2D eigenvalue weighted by Crippen LogP contribution is 2.13. The minimum atomic E-state index is -0.380. The molecule has 0 unspecified atom stereocenters. The Morgan fingerprint density at radius 2 is 1.77 bits per heavy atom. The van der Waals surface area contributed by atoms with Crippen molar-refractivity contribution in [1.82, 2.24) is 4.90 Å². The van der Waals surface area contributed by atoms with Gasteiger partial charge in [0, 0.05) is 18.3 Å². The van der Waals surface area contributed by atoms with Crippen molar-refractivity contribution in [3.05, 3.63) is 96.0 Å². The van der Waals surface area contributed by atoms with Crippen LogP contribution in [0.4, 0.5) is 5.69 Å². The molecule has 0 atom stereocenters. The van der Waals surface area contributed by atoms with Gasteiger partial charge in [0.2, 0.25) is 5.91 Å². The highest BCUT2D eigenvalue weighted by molar-refractivity contribution is 5.92. The van der Waals surface area contributed by atoms with Crippen LogP contribution in [0.1, 0.15) is 23.8 Å². The largest absolute Gasteiger partial charge is 0.468 e. The first-order valence-corrected chi connectivity index (χ1v) is 10.2. The normalized spacial score (nSPS) is 11.0. The first-order valence-electron chi connectivity index (χ1n) is 10.2. The van der Waals surface area contributed by atoms with E-state index in [9.17, 15) is 9.59 Å². The molecule has 1 aromatic heterocycles. The molecule has 0 saturated carbocycles. The molecule has 160 valence electrons. The number of carbonyl (C=O) groups is 2. The summed E-state index contributed by atoms with van der Waals surface area (Å²) in [5.41, 5.74) is 2.66. The molecule has 0 saturated heterocycles. The maximum atomic E-state index is 12.7. The number of hydrogen-bond acceptors (Lipinski definition) is 5. The number of esters is 1. The molecule has 0 spiro atoms. The topological polar surface area (TPSA) is 71.8 Å². The van der Waals surface area contributed by atoms with E-state index in [0.29, 0.717) is 25.4 Å². The molecule has 31 heavy (non-hydrogen) atoms. The maximum absolute atomic E-state index is 12.7. The van der Waals surface area contributed by atoms with Crippen LogP contribution in [0, 0.1) is 0 Å². The lowest BCUT2D eigenvalue weighted by Gasteiger charge is -2.21. The van der Waals surface area contributed by atoms with Gasteiger partial charge in [-0.05, 0) is 48.4 Å². The van der Waals surface area contributed by atoms with Crippen LogP contribution in [0.5, 0.6) is 0 Å². The van der Waals surface area contributed by atoms with E-state index in [-0.39, 0.29) is 18.4 Å². The van der Waals surface area contributed by atoms with Crippen LogP contribution in [-0.4, -0.2) is 29.9 Å². The van der Waals surface area contributed by atoms with Crippen LogP contribution >= 0.6 is 0 Å². The monoisotopic (exact) mass is 418 g/mol. The molecule has 0 fully saturated rings. The van der Waals surface area contributed by atoms with Crippen molar-refractivity contribution < 1.29 is 18.7 Å². The molecule has 0 aliphatic rings. The van der Waals surface area contributed by atoms with Gasteiger partial charge in [-0.2, -0.15) is 0 Å². The van der Waals surface area contributed by atoms with Crippen LogP contribution < -0.4 is 5.32 Å². The second-order valence-corrected chi connectivity index (χ2v) is 6.97. The molecular weight excluding hydrogens is 392 g/mol. The van der Waals surface area contributed by atoms with Crippen LogP contribution in [0.25, 0.3) is 6.08 Å². The van der Waals surface area contributed by atoms with Gasteiger partial charge in [-0.3, -0.25) is 9.69 Å². The summed E-state index contributed by atoms with van der Waals surface area (Å²) in [5.74, 6) is 0.314. The lowest BCUT2D eigenvalue weighted by atomic mass is 10.2. The summed E-state index contributed by atoms with van der Waals surface area (Å²) in [7, 11) is 0. The third-order valence-corrected chi connectivity index (χ3v) is 4.47. The van der Waals surface area contributed by atoms with Crippen molar-refractivity contribution in [3.8, 4) is 0 Å². The average Bonchev–Trinajstić information content (AvgIpc) is 3.27. The molecule has 3 aromatic rings. The van der Waals surface area contributed by atoms with Gasteiger partial charge in [0.05, 0.1) is 26.0 Å². The quantitative estimate of drug-likeness (QED) is 0.388. The fraction of sp³-hybridized carbons (Fsp3) is 0.200. The first kappa shape index (κ1) is 22.1. The van der Waals surface area contributed by atoms with Gasteiger partial charge >= 0.3 is 5.97 Å². The lowest BCUT2D eigenvalue weighted by molar-refractivity contribution is -0.137. The standard InChI is InChI=1S/C25H26N2O4/c1-2-30-25(29)15-12-20-10-13-22(14-11-20)26-24(28)19-27(18-23-9-6-16-31-23)17-21-7-4-3-5-8-21/h3-16H,2,17-19H2,1H3,(H,26,28)/b15-12+. The van der Waals surface area contributed by atoms with E-state index in [1.165, 1.54) is 6.08 Å². The summed E-state index contributed by atoms with van der Waals surface area (Å²) in [6.07, 6.45) is 4.69. The molecule has 6 nitrogen and oxygen atoms in total. The average molecular weight is 418 g/mol. The Kier molecular flexibility index (Phi) is 8.20. The Morgan fingerprint density at radius 1 is 1.00 bits per heavy atom. The molecule has 1 amide bonds. The van der Waals surface area contributed by atoms with E-state index in [1.807, 2.05) is 59.5 Å². The zero-order valence-electron chi connectivity index (χ0n) is 17.5. The summed E-state index contributed by atoms with van der Waals surface area (Å²) < 4.78 is 10.3. The van der Waals surface area contributed by atoms with Crippen molar-refractivity contribution in [2.45, 2.75) is 20.0 Å². The summed E-state index contributed by atoms with van der Waals surface area (Å²) in [6, 6.07) is 21.0. The van der Waals surface area contributed by atoms with Crippen molar-refractivity contribution in [2.24, 2.45) is 0 Å². The molecule has 2 aromatic carbocycles. The Hall–Kier alpha value is -3.64. The summed E-state index contributed by atoms with van der Waals surface area (Å²) >= 11 is 0. The van der Waals surface area contributed by atoms with Gasteiger partial charge in [-0.1, -0.05) is 42.5 Å². The van der Waals surface area contributed by atoms with E-state index < -0.39 is 0 Å². The number of benzene rings is 2. The van der Waals surface area contributed by atoms with Crippen LogP contribution in [0.2, 0.25) is 0 Å². The molecule has 0 radical (unpaired) electrons. The fourth-order valence-electron chi connectivity index (χ4n) is 3.07. The zero-order chi connectivity index (χ0) is 21.9. The Morgan fingerprint density at radius 3 is 2.45 bits per heavy atom. The van der Waals surface area contributed by atoms with Crippen LogP contribution in [-0.2, 0) is 27.4 Å². The van der Waals surface area contributed by atoms with Gasteiger partial charge in [-0.15, -0.1) is 0 Å². The third-order valence-electron chi connectivity index (χ3n) is 4.47. The number of nitrogens with one attached hydrogen (secondary N) is 1. The first-order chi connectivity index (χ1) is 15.1. The zero-order valence-corrected chi connectivity index (χ0v) is 17.5. The molecule has 3 rings (SSSR count). The van der Waals surface area contributed by atoms with Crippen molar-refractivity contribution >= 4 is 23.6 Å². The summed E-state index contributed by atoms with van der Waals surface area (Å²) in [4.78, 5) is 26.1. The number of amides is 1. The smallest absolute Gasteiger partial charge is 0.330 e. The Labute approximate surface area is 182 Å². The molecule has 0 aliphatic heterocycles. The van der Waals surface area contributed by atoms with Gasteiger partial charge in [-0.25, -0.2) is 4.79 Å². The molecule has 1 heterocycles. The van der Waals surface area contributed by atoms with E-state index in [2.05, 4.69) is 5.32 Å². The molecule has 0 bridgehead atoms. The SMILES string of the molecule is CCOC(=O)/C=C/c1ccc(NC(=O)CN(Cc2ccccc2)Cc2ccco2)cc1. The van der Waals surface area contributed by atoms with E-state index in [1.54, 1.807) is 31.4 Å². The van der Waals surface area contributed by atoms with E-state index in [4.69, 9.17) is 9.15 Å². The predicted molar refractivity (Wildman–Crippen MR) is 120 cm³/mol. The lowest BCUT2D eigenvalue weighted by Crippen LogP contribution is -2.32. The number of furan rings is 1. The fourth-order valence-corrected chi connectivity index (χ4v) is 3.07. The maximum Gasteiger partial charge on any atom is 0.330 e. The van der Waals surface area contributed by atoms with Gasteiger partial charge < -0.3 is 14.5 Å². The Bertz CT molecular complexity index is 980. The molecule has 1 N–H and O–H groups in total. The van der Waals surface area contributed by atoms with E-state index >= 15 is 0 Å². The van der Waals surface area contributed by atoms with Crippen molar-refractivity contribution in [2.75, 3.05) is 18.5 Å². The highest BCUT2D eigenvalue weighted by Gasteiger charge is 2.14. The second-order valence-electron chi connectivity index (χ2n) is 6.97. The number of rotatable bonds is 10. The predicted octanol–water partition coefficient (Wildman–Crippen LogP) is 4.50. The number of anilines is 1. The van der Waals surface area contributed by atoms with Crippen molar-refractivity contribution in [3.63, 3.8) is 0 Å². The van der Waals surface area contributed by atoms with Crippen LogP contribution in [0.3, 0.4) is 0 Å².